The molecule has 1 aliphatic rings. The molecule has 0 heterocycles. The Morgan fingerprint density at radius 3 is 2.67 bits per heavy atom. The van der Waals surface area contributed by atoms with Gasteiger partial charge >= 0.3 is 5.97 Å². The van der Waals surface area contributed by atoms with Crippen LogP contribution in [0.1, 0.15) is 38.5 Å². The highest BCUT2D eigenvalue weighted by Gasteiger charge is 2.17. The van der Waals surface area contributed by atoms with E-state index in [-0.39, 0.29) is 5.97 Å². The molecule has 1 aliphatic carbocycles. The average molecular weight is 168 g/mol. The second kappa shape index (κ2) is 4.96. The molecule has 1 saturated carbocycles. The van der Waals surface area contributed by atoms with Crippen molar-refractivity contribution in [2.24, 2.45) is 5.92 Å². The van der Waals surface area contributed by atoms with Crippen molar-refractivity contribution in [2.75, 3.05) is 0 Å². The number of carbonyl (C=O) groups excluding carboxylic acids is 1. The fourth-order valence-electron chi connectivity index (χ4n) is 1.77. The highest BCUT2D eigenvalue weighted by molar-refractivity contribution is 5.70. The summed E-state index contributed by atoms with van der Waals surface area (Å²) in [5, 5.41) is 0. The number of hydrogen-bond donors (Lipinski definition) is 0. The van der Waals surface area contributed by atoms with Crippen molar-refractivity contribution in [2.45, 2.75) is 38.5 Å². The molecule has 0 aliphatic heterocycles. The van der Waals surface area contributed by atoms with Crippen LogP contribution >= 0.6 is 0 Å². The van der Waals surface area contributed by atoms with Gasteiger partial charge < -0.3 is 4.74 Å². The fraction of sp³-hybridized carbons (Fsp3) is 0.700. The molecule has 1 fully saturated rings. The topological polar surface area (TPSA) is 26.3 Å². The monoisotopic (exact) mass is 168 g/mol. The van der Waals surface area contributed by atoms with E-state index in [2.05, 4.69) is 11.3 Å². The van der Waals surface area contributed by atoms with E-state index in [0.717, 1.165) is 0 Å². The van der Waals surface area contributed by atoms with Crippen LogP contribution in [0.3, 0.4) is 0 Å². The van der Waals surface area contributed by atoms with Gasteiger partial charge in [-0.1, -0.05) is 25.8 Å². The molecule has 0 unspecified atom stereocenters. The molecule has 1 rings (SSSR count). The maximum Gasteiger partial charge on any atom is 0.310 e. The Morgan fingerprint density at radius 1 is 1.42 bits per heavy atom. The van der Waals surface area contributed by atoms with E-state index in [9.17, 15) is 4.79 Å². The average Bonchev–Trinajstić information content (AvgIpc) is 2.06. The van der Waals surface area contributed by atoms with Crippen LogP contribution in [0, 0.1) is 5.92 Å². The predicted octanol–water partition coefficient (Wildman–Crippen LogP) is 2.64. The minimum Gasteiger partial charge on any atom is -0.435 e. The van der Waals surface area contributed by atoms with E-state index < -0.39 is 0 Å². The van der Waals surface area contributed by atoms with Gasteiger partial charge in [-0.15, -0.1) is 0 Å². The first-order chi connectivity index (χ1) is 5.83. The molecule has 0 amide bonds. The van der Waals surface area contributed by atoms with Gasteiger partial charge in [0.2, 0.25) is 0 Å². The second-order valence-electron chi connectivity index (χ2n) is 3.36. The normalized spacial score (nSPS) is 18.7. The van der Waals surface area contributed by atoms with Gasteiger partial charge in [-0.25, -0.2) is 0 Å². The van der Waals surface area contributed by atoms with Gasteiger partial charge in [-0.2, -0.15) is 0 Å². The van der Waals surface area contributed by atoms with Gasteiger partial charge in [-0.05, 0) is 18.8 Å². The van der Waals surface area contributed by atoms with Gasteiger partial charge in [0.15, 0.2) is 0 Å². The van der Waals surface area contributed by atoms with E-state index >= 15 is 0 Å². The van der Waals surface area contributed by atoms with E-state index in [1.54, 1.807) is 0 Å². The predicted molar refractivity (Wildman–Crippen MR) is 47.5 cm³/mol. The molecule has 0 aromatic heterocycles. The van der Waals surface area contributed by atoms with Crippen molar-refractivity contribution in [3.05, 3.63) is 12.8 Å². The molecule has 68 valence electrons. The molecule has 0 spiro atoms. The zero-order valence-corrected chi connectivity index (χ0v) is 7.42. The summed E-state index contributed by atoms with van der Waals surface area (Å²) < 4.78 is 4.67. The number of ether oxygens (including phenoxy) is 1. The summed E-state index contributed by atoms with van der Waals surface area (Å²) in [6.45, 7) is 3.35. The van der Waals surface area contributed by atoms with Crippen LogP contribution in [-0.2, 0) is 9.53 Å². The van der Waals surface area contributed by atoms with Crippen molar-refractivity contribution in [3.63, 3.8) is 0 Å². The summed E-state index contributed by atoms with van der Waals surface area (Å²) in [6.07, 6.45) is 8.03. The zero-order chi connectivity index (χ0) is 8.81. The van der Waals surface area contributed by atoms with Gasteiger partial charge in [0.25, 0.3) is 0 Å². The van der Waals surface area contributed by atoms with Crippen LogP contribution in [0.15, 0.2) is 12.8 Å². The molecule has 12 heavy (non-hydrogen) atoms. The molecular formula is C10H16O2. The first-order valence-corrected chi connectivity index (χ1v) is 4.63. The third-order valence-electron chi connectivity index (χ3n) is 2.39. The molecule has 0 aromatic carbocycles. The zero-order valence-electron chi connectivity index (χ0n) is 7.42. The number of carbonyl (C=O) groups is 1. The molecular weight excluding hydrogens is 152 g/mol. The molecule has 0 saturated heterocycles. The highest BCUT2D eigenvalue weighted by Crippen LogP contribution is 2.26. The van der Waals surface area contributed by atoms with Crippen LogP contribution in [0.5, 0.6) is 0 Å². The summed E-state index contributed by atoms with van der Waals surface area (Å²) in [7, 11) is 0. The van der Waals surface area contributed by atoms with Gasteiger partial charge in [0, 0.05) is 6.42 Å². The Morgan fingerprint density at radius 2 is 2.08 bits per heavy atom. The standard InChI is InChI=1S/C10H16O2/c1-2-12-10(11)8-9-6-4-3-5-7-9/h2,9H,1,3-8H2. The van der Waals surface area contributed by atoms with Crippen molar-refractivity contribution in [1.82, 2.24) is 0 Å². The largest absolute Gasteiger partial charge is 0.435 e. The summed E-state index contributed by atoms with van der Waals surface area (Å²) in [5.74, 6) is 0.433. The van der Waals surface area contributed by atoms with Crippen LogP contribution in [-0.4, -0.2) is 5.97 Å². The maximum absolute atomic E-state index is 11.0. The van der Waals surface area contributed by atoms with Crippen LogP contribution in [0.4, 0.5) is 0 Å². The Bertz CT molecular complexity index is 157. The van der Waals surface area contributed by atoms with Gasteiger partial charge in [-0.3, -0.25) is 4.79 Å². The van der Waals surface area contributed by atoms with E-state index in [4.69, 9.17) is 0 Å². The second-order valence-corrected chi connectivity index (χ2v) is 3.36. The summed E-state index contributed by atoms with van der Waals surface area (Å²) >= 11 is 0. The van der Waals surface area contributed by atoms with E-state index in [1.165, 1.54) is 38.4 Å². The molecule has 2 heteroatoms. The third-order valence-corrected chi connectivity index (χ3v) is 2.39. The smallest absolute Gasteiger partial charge is 0.310 e. The molecule has 0 aromatic rings. The van der Waals surface area contributed by atoms with Crippen molar-refractivity contribution >= 4 is 5.97 Å². The quantitative estimate of drug-likeness (QED) is 0.478. The van der Waals surface area contributed by atoms with Crippen LogP contribution < -0.4 is 0 Å². The molecule has 0 bridgehead atoms. The number of esters is 1. The van der Waals surface area contributed by atoms with E-state index in [1.807, 2.05) is 0 Å². The molecule has 0 N–H and O–H groups in total. The van der Waals surface area contributed by atoms with Crippen LogP contribution in [0.2, 0.25) is 0 Å². The lowest BCUT2D eigenvalue weighted by Gasteiger charge is -2.19. The first-order valence-electron chi connectivity index (χ1n) is 4.63. The fourth-order valence-corrected chi connectivity index (χ4v) is 1.77. The molecule has 2 nitrogen and oxygen atoms in total. The SMILES string of the molecule is C=COC(=O)CC1CCCCC1. The number of rotatable bonds is 3. The lowest BCUT2D eigenvalue weighted by atomic mass is 9.87. The Labute approximate surface area is 73.6 Å². The highest BCUT2D eigenvalue weighted by atomic mass is 16.5. The van der Waals surface area contributed by atoms with E-state index in [0.29, 0.717) is 12.3 Å². The number of hydrogen-bond acceptors (Lipinski definition) is 2. The minimum absolute atomic E-state index is 0.128. The summed E-state index contributed by atoms with van der Waals surface area (Å²) in [4.78, 5) is 11.0. The van der Waals surface area contributed by atoms with Crippen LogP contribution in [0.25, 0.3) is 0 Å². The molecule has 0 atom stereocenters. The lowest BCUT2D eigenvalue weighted by molar-refractivity contribution is -0.139. The summed E-state index contributed by atoms with van der Waals surface area (Å²) in [5.41, 5.74) is 0. The van der Waals surface area contributed by atoms with Crippen molar-refractivity contribution in [1.29, 1.82) is 0 Å². The van der Waals surface area contributed by atoms with Crippen molar-refractivity contribution < 1.29 is 9.53 Å². The Hall–Kier alpha value is -0.790. The summed E-state index contributed by atoms with van der Waals surface area (Å²) in [6, 6.07) is 0. The maximum atomic E-state index is 11.0. The van der Waals surface area contributed by atoms with Crippen molar-refractivity contribution in [3.8, 4) is 0 Å². The first kappa shape index (κ1) is 9.30. The minimum atomic E-state index is -0.128. The Balaban J connectivity index is 2.19. The Kier molecular flexibility index (Phi) is 3.85. The lowest BCUT2D eigenvalue weighted by Crippen LogP contribution is -2.12. The molecule has 0 radical (unpaired) electrons. The van der Waals surface area contributed by atoms with Gasteiger partial charge in [0.1, 0.15) is 0 Å². The third kappa shape index (κ3) is 3.07. The van der Waals surface area contributed by atoms with Gasteiger partial charge in [0.05, 0.1) is 6.26 Å².